The summed E-state index contributed by atoms with van der Waals surface area (Å²) in [5.41, 5.74) is 6.69. The van der Waals surface area contributed by atoms with Gasteiger partial charge < -0.3 is 5.73 Å². The topological polar surface area (TPSA) is 29.3 Å². The Labute approximate surface area is 119 Å². The first-order chi connectivity index (χ1) is 9.36. The molecule has 3 fully saturated rings. The lowest BCUT2D eigenvalue weighted by molar-refractivity contribution is 0.0339. The third-order valence-corrected chi connectivity index (χ3v) is 6.28. The summed E-state index contributed by atoms with van der Waals surface area (Å²) in [4.78, 5) is 2.90. The molecule has 1 saturated heterocycles. The van der Waals surface area contributed by atoms with Gasteiger partial charge in [0.25, 0.3) is 0 Å². The van der Waals surface area contributed by atoms with Crippen LogP contribution in [0.4, 0.5) is 0 Å². The standard InChI is InChI=1S/C17H32N2/c18-14-17(11-6-2-1-3-7-12-17)19-13-10-15-8-4-5-9-16(15)19/h15-16H,1-14,18H2. The van der Waals surface area contributed by atoms with Gasteiger partial charge in [0.15, 0.2) is 0 Å². The molecule has 2 nitrogen and oxygen atoms in total. The molecule has 0 radical (unpaired) electrons. The van der Waals surface area contributed by atoms with Crippen LogP contribution in [0.25, 0.3) is 0 Å². The van der Waals surface area contributed by atoms with Gasteiger partial charge in [0.1, 0.15) is 0 Å². The van der Waals surface area contributed by atoms with E-state index in [4.69, 9.17) is 5.73 Å². The van der Waals surface area contributed by atoms with E-state index in [-0.39, 0.29) is 0 Å². The zero-order chi connectivity index (χ0) is 13.1. The molecular weight excluding hydrogens is 232 g/mol. The summed E-state index contributed by atoms with van der Waals surface area (Å²) in [6.07, 6.45) is 17.2. The Morgan fingerprint density at radius 2 is 1.53 bits per heavy atom. The van der Waals surface area contributed by atoms with Crippen LogP contribution < -0.4 is 5.73 Å². The van der Waals surface area contributed by atoms with Gasteiger partial charge in [-0.15, -0.1) is 0 Å². The van der Waals surface area contributed by atoms with E-state index in [2.05, 4.69) is 4.90 Å². The van der Waals surface area contributed by atoms with Crippen LogP contribution in [0.3, 0.4) is 0 Å². The van der Waals surface area contributed by atoms with E-state index >= 15 is 0 Å². The van der Waals surface area contributed by atoms with Crippen LogP contribution in [0.1, 0.15) is 77.0 Å². The van der Waals surface area contributed by atoms with Crippen molar-refractivity contribution in [2.24, 2.45) is 11.7 Å². The van der Waals surface area contributed by atoms with Crippen molar-refractivity contribution < 1.29 is 0 Å². The second-order valence-electron chi connectivity index (χ2n) is 7.29. The maximum atomic E-state index is 6.32. The second-order valence-corrected chi connectivity index (χ2v) is 7.29. The van der Waals surface area contributed by atoms with Crippen molar-refractivity contribution in [2.75, 3.05) is 13.1 Å². The van der Waals surface area contributed by atoms with Crippen LogP contribution >= 0.6 is 0 Å². The van der Waals surface area contributed by atoms with Crippen molar-refractivity contribution in [1.29, 1.82) is 0 Å². The first-order valence-electron chi connectivity index (χ1n) is 8.83. The fourth-order valence-corrected chi connectivity index (χ4v) is 5.17. The number of nitrogens with zero attached hydrogens (tertiary/aromatic N) is 1. The van der Waals surface area contributed by atoms with E-state index in [0.29, 0.717) is 5.54 Å². The first kappa shape index (κ1) is 13.9. The Balaban J connectivity index is 1.75. The monoisotopic (exact) mass is 264 g/mol. The highest BCUT2D eigenvalue weighted by Crippen LogP contribution is 2.43. The molecule has 0 amide bonds. The highest BCUT2D eigenvalue weighted by atomic mass is 15.3. The Kier molecular flexibility index (Phi) is 4.48. The molecule has 0 aromatic carbocycles. The lowest BCUT2D eigenvalue weighted by Crippen LogP contribution is -2.57. The molecule has 2 aliphatic carbocycles. The molecular formula is C17H32N2. The first-order valence-corrected chi connectivity index (χ1v) is 8.83. The maximum Gasteiger partial charge on any atom is 0.0334 e. The van der Waals surface area contributed by atoms with Gasteiger partial charge in [0, 0.05) is 18.1 Å². The number of likely N-dealkylation sites (tertiary alicyclic amines) is 1. The predicted molar refractivity (Wildman–Crippen MR) is 81.2 cm³/mol. The van der Waals surface area contributed by atoms with Crippen molar-refractivity contribution >= 4 is 0 Å². The number of hydrogen-bond acceptors (Lipinski definition) is 2. The van der Waals surface area contributed by atoms with Crippen molar-refractivity contribution in [3.63, 3.8) is 0 Å². The molecule has 0 aromatic rings. The van der Waals surface area contributed by atoms with E-state index in [9.17, 15) is 0 Å². The van der Waals surface area contributed by atoms with Gasteiger partial charge in [-0.2, -0.15) is 0 Å². The maximum absolute atomic E-state index is 6.32. The van der Waals surface area contributed by atoms with Gasteiger partial charge in [-0.3, -0.25) is 4.90 Å². The minimum absolute atomic E-state index is 0.372. The molecule has 19 heavy (non-hydrogen) atoms. The summed E-state index contributed by atoms with van der Waals surface area (Å²) in [5, 5.41) is 0. The Morgan fingerprint density at radius 1 is 0.842 bits per heavy atom. The molecule has 2 N–H and O–H groups in total. The van der Waals surface area contributed by atoms with Crippen LogP contribution in [0.5, 0.6) is 0 Å². The largest absolute Gasteiger partial charge is 0.329 e. The minimum atomic E-state index is 0.372. The smallest absolute Gasteiger partial charge is 0.0334 e. The number of hydrogen-bond donors (Lipinski definition) is 1. The van der Waals surface area contributed by atoms with Crippen molar-refractivity contribution in [3.8, 4) is 0 Å². The molecule has 2 atom stereocenters. The minimum Gasteiger partial charge on any atom is -0.329 e. The van der Waals surface area contributed by atoms with Crippen molar-refractivity contribution in [3.05, 3.63) is 0 Å². The van der Waals surface area contributed by atoms with Crippen LogP contribution in [0.15, 0.2) is 0 Å². The lowest BCUT2D eigenvalue weighted by Gasteiger charge is -2.47. The summed E-state index contributed by atoms with van der Waals surface area (Å²) < 4.78 is 0. The van der Waals surface area contributed by atoms with Gasteiger partial charge in [0.2, 0.25) is 0 Å². The Hall–Kier alpha value is -0.0800. The highest BCUT2D eigenvalue weighted by Gasteiger charge is 2.45. The molecule has 1 heterocycles. The van der Waals surface area contributed by atoms with E-state index in [1.807, 2.05) is 0 Å². The van der Waals surface area contributed by atoms with Crippen LogP contribution in [0, 0.1) is 5.92 Å². The molecule has 0 bridgehead atoms. The number of rotatable bonds is 2. The van der Waals surface area contributed by atoms with Gasteiger partial charge in [-0.05, 0) is 44.6 Å². The van der Waals surface area contributed by atoms with Crippen molar-refractivity contribution in [2.45, 2.75) is 88.6 Å². The molecule has 1 aliphatic heterocycles. The fraction of sp³-hybridized carbons (Fsp3) is 1.00. The summed E-state index contributed by atoms with van der Waals surface area (Å²) in [6.45, 7) is 2.24. The highest BCUT2D eigenvalue weighted by molar-refractivity contribution is 5.01. The normalized spacial score (nSPS) is 36.5. The lowest BCUT2D eigenvalue weighted by atomic mass is 9.79. The molecule has 3 aliphatic rings. The molecule has 2 unspecified atom stereocenters. The van der Waals surface area contributed by atoms with E-state index in [1.54, 1.807) is 0 Å². The molecule has 110 valence electrons. The molecule has 0 spiro atoms. The van der Waals surface area contributed by atoms with Gasteiger partial charge in [0.05, 0.1) is 0 Å². The van der Waals surface area contributed by atoms with Crippen LogP contribution in [-0.4, -0.2) is 29.6 Å². The third-order valence-electron chi connectivity index (χ3n) is 6.28. The van der Waals surface area contributed by atoms with Gasteiger partial charge in [-0.25, -0.2) is 0 Å². The van der Waals surface area contributed by atoms with E-state index < -0.39 is 0 Å². The van der Waals surface area contributed by atoms with Crippen molar-refractivity contribution in [1.82, 2.24) is 4.90 Å². The zero-order valence-corrected chi connectivity index (χ0v) is 12.6. The van der Waals surface area contributed by atoms with Gasteiger partial charge >= 0.3 is 0 Å². The third kappa shape index (κ3) is 2.71. The Morgan fingerprint density at radius 3 is 2.26 bits per heavy atom. The predicted octanol–water partition coefficient (Wildman–Crippen LogP) is 3.69. The molecule has 2 saturated carbocycles. The van der Waals surface area contributed by atoms with Crippen LogP contribution in [-0.2, 0) is 0 Å². The molecule has 3 rings (SSSR count). The number of fused-ring (bicyclic) bond motifs is 1. The molecule has 2 heteroatoms. The van der Waals surface area contributed by atoms with E-state index in [0.717, 1.165) is 18.5 Å². The Bertz CT molecular complexity index is 281. The van der Waals surface area contributed by atoms with Crippen LogP contribution in [0.2, 0.25) is 0 Å². The average Bonchev–Trinajstić information content (AvgIpc) is 2.84. The summed E-state index contributed by atoms with van der Waals surface area (Å²) in [7, 11) is 0. The van der Waals surface area contributed by atoms with E-state index in [1.165, 1.54) is 83.6 Å². The fourth-order valence-electron chi connectivity index (χ4n) is 5.17. The average molecular weight is 264 g/mol. The number of nitrogens with two attached hydrogens (primary N) is 1. The summed E-state index contributed by atoms with van der Waals surface area (Å²) in [5.74, 6) is 1.00. The zero-order valence-electron chi connectivity index (χ0n) is 12.6. The SMILES string of the molecule is NCC1(N2CCC3CCCCC32)CCCCCCC1. The summed E-state index contributed by atoms with van der Waals surface area (Å²) in [6, 6.07) is 0.886. The molecule has 0 aromatic heterocycles. The summed E-state index contributed by atoms with van der Waals surface area (Å²) >= 11 is 0. The van der Waals surface area contributed by atoms with Gasteiger partial charge in [-0.1, -0.05) is 44.9 Å². The second kappa shape index (κ2) is 6.13. The quantitative estimate of drug-likeness (QED) is 0.824.